The number of unbranched alkanes of at least 4 members (excludes halogenated alkanes) is 2. The van der Waals surface area contributed by atoms with Gasteiger partial charge in [-0.05, 0) is 62.1 Å². The predicted octanol–water partition coefficient (Wildman–Crippen LogP) is 4.05. The highest BCUT2D eigenvalue weighted by Crippen LogP contribution is 2.36. The highest BCUT2D eigenvalue weighted by atomic mass is 16.4. The average Bonchev–Trinajstić information content (AvgIpc) is 2.71. The number of carboxylic acid groups (broad SMARTS) is 1. The number of carbonyl (C=O) groups is 2. The van der Waals surface area contributed by atoms with Crippen LogP contribution in [0.25, 0.3) is 0 Å². The van der Waals surface area contributed by atoms with Crippen molar-refractivity contribution in [2.75, 3.05) is 16.8 Å². The highest BCUT2D eigenvalue weighted by molar-refractivity contribution is 6.13. The Morgan fingerprint density at radius 1 is 1.19 bits per heavy atom. The maximum atomic E-state index is 13.1. The topological polar surface area (TPSA) is 82.5 Å². The molecule has 136 valence electrons. The molecule has 1 aromatic carbocycles. The van der Waals surface area contributed by atoms with E-state index in [0.717, 1.165) is 35.3 Å². The van der Waals surface area contributed by atoms with E-state index in [1.54, 1.807) is 23.2 Å². The van der Waals surface area contributed by atoms with Gasteiger partial charge in [0, 0.05) is 19.2 Å². The van der Waals surface area contributed by atoms with E-state index in [0.29, 0.717) is 24.3 Å². The number of nitrogens with zero attached hydrogens (tertiary/aromatic N) is 2. The highest BCUT2D eigenvalue weighted by Gasteiger charge is 2.27. The summed E-state index contributed by atoms with van der Waals surface area (Å²) >= 11 is 0. The summed E-state index contributed by atoms with van der Waals surface area (Å²) in [6.07, 6.45) is 3.97. The van der Waals surface area contributed by atoms with Crippen LogP contribution in [0.15, 0.2) is 30.5 Å². The molecule has 0 spiro atoms. The zero-order valence-corrected chi connectivity index (χ0v) is 15.1. The number of amides is 1. The molecule has 1 aliphatic heterocycles. The number of hydrogen-bond acceptors (Lipinski definition) is 4. The van der Waals surface area contributed by atoms with Crippen LogP contribution in [-0.4, -0.2) is 28.5 Å². The van der Waals surface area contributed by atoms with E-state index in [1.165, 1.54) is 0 Å². The van der Waals surface area contributed by atoms with Gasteiger partial charge in [0.05, 0.1) is 16.9 Å². The van der Waals surface area contributed by atoms with Gasteiger partial charge in [0.15, 0.2) is 0 Å². The summed E-state index contributed by atoms with van der Waals surface area (Å²) in [5.74, 6) is -0.298. The molecule has 0 bridgehead atoms. The predicted molar refractivity (Wildman–Crippen MR) is 101 cm³/mol. The number of aliphatic carboxylic acids is 1. The normalized spacial score (nSPS) is 12.8. The molecule has 3 rings (SSSR count). The van der Waals surface area contributed by atoms with Crippen molar-refractivity contribution in [3.63, 3.8) is 0 Å². The van der Waals surface area contributed by atoms with Crippen LogP contribution in [0.2, 0.25) is 0 Å². The monoisotopic (exact) mass is 353 g/mol. The fourth-order valence-corrected chi connectivity index (χ4v) is 3.13. The number of aryl methyl sites for hydroxylation is 2. The minimum absolute atomic E-state index is 0.0826. The van der Waals surface area contributed by atoms with E-state index in [2.05, 4.69) is 10.3 Å². The van der Waals surface area contributed by atoms with Gasteiger partial charge in [-0.1, -0.05) is 6.42 Å². The Morgan fingerprint density at radius 2 is 1.96 bits per heavy atom. The van der Waals surface area contributed by atoms with Gasteiger partial charge in [-0.2, -0.15) is 0 Å². The van der Waals surface area contributed by atoms with Crippen LogP contribution in [0, 0.1) is 13.8 Å². The summed E-state index contributed by atoms with van der Waals surface area (Å²) in [5, 5.41) is 12.1. The maximum absolute atomic E-state index is 13.1. The standard InChI is InChI=1S/C20H23N3O3/c1-13-11-16-17(12-14(13)2)23(10-5-3-4-8-18(24)25)20(26)15-7-6-9-21-19(15)22-16/h6-7,9,11-12H,3-5,8,10H2,1-2H3,(H,21,22)(H,24,25). The Labute approximate surface area is 152 Å². The molecule has 0 saturated carbocycles. The molecule has 0 aliphatic carbocycles. The third-order valence-corrected chi connectivity index (χ3v) is 4.71. The van der Waals surface area contributed by atoms with E-state index < -0.39 is 5.97 Å². The minimum atomic E-state index is -0.781. The number of aromatic nitrogens is 1. The Kier molecular flexibility index (Phi) is 5.21. The molecule has 0 unspecified atom stereocenters. The van der Waals surface area contributed by atoms with E-state index in [9.17, 15) is 9.59 Å². The van der Waals surface area contributed by atoms with Crippen LogP contribution < -0.4 is 10.2 Å². The van der Waals surface area contributed by atoms with Crippen molar-refractivity contribution < 1.29 is 14.7 Å². The molecule has 0 fully saturated rings. The van der Waals surface area contributed by atoms with Gasteiger partial charge >= 0.3 is 5.97 Å². The maximum Gasteiger partial charge on any atom is 0.303 e. The van der Waals surface area contributed by atoms with E-state index in [1.807, 2.05) is 26.0 Å². The van der Waals surface area contributed by atoms with Crippen LogP contribution in [0.3, 0.4) is 0 Å². The lowest BCUT2D eigenvalue weighted by atomic mass is 10.1. The molecule has 1 aromatic heterocycles. The fourth-order valence-electron chi connectivity index (χ4n) is 3.13. The first-order valence-corrected chi connectivity index (χ1v) is 8.84. The lowest BCUT2D eigenvalue weighted by Gasteiger charge is -2.24. The molecule has 2 heterocycles. The van der Waals surface area contributed by atoms with Crippen molar-refractivity contribution in [2.24, 2.45) is 0 Å². The molecule has 6 nitrogen and oxygen atoms in total. The van der Waals surface area contributed by atoms with E-state index in [-0.39, 0.29) is 12.3 Å². The number of carboxylic acids is 1. The van der Waals surface area contributed by atoms with Gasteiger partial charge < -0.3 is 15.3 Å². The lowest BCUT2D eigenvalue weighted by Crippen LogP contribution is -2.31. The molecule has 0 atom stereocenters. The number of anilines is 3. The van der Waals surface area contributed by atoms with Crippen molar-refractivity contribution in [3.05, 3.63) is 47.2 Å². The summed E-state index contributed by atoms with van der Waals surface area (Å²) in [4.78, 5) is 29.9. The summed E-state index contributed by atoms with van der Waals surface area (Å²) < 4.78 is 0. The fraction of sp³-hybridized carbons (Fsp3) is 0.350. The first kappa shape index (κ1) is 17.9. The van der Waals surface area contributed by atoms with Gasteiger partial charge in [-0.3, -0.25) is 9.59 Å². The number of fused-ring (bicyclic) bond motifs is 2. The lowest BCUT2D eigenvalue weighted by molar-refractivity contribution is -0.137. The summed E-state index contributed by atoms with van der Waals surface area (Å²) in [6.45, 7) is 4.62. The first-order chi connectivity index (χ1) is 12.5. The molecule has 1 amide bonds. The SMILES string of the molecule is Cc1cc2c(cc1C)N(CCCCCC(=O)O)C(=O)c1cccnc1N2. The van der Waals surface area contributed by atoms with Crippen molar-refractivity contribution in [1.29, 1.82) is 0 Å². The molecule has 0 radical (unpaired) electrons. The van der Waals surface area contributed by atoms with Crippen LogP contribution in [-0.2, 0) is 4.79 Å². The Bertz CT molecular complexity index is 848. The molecule has 2 aromatic rings. The number of pyridine rings is 1. The second kappa shape index (κ2) is 7.56. The molecule has 2 N–H and O–H groups in total. The third kappa shape index (κ3) is 3.69. The van der Waals surface area contributed by atoms with Crippen molar-refractivity contribution in [3.8, 4) is 0 Å². The molecule has 6 heteroatoms. The van der Waals surface area contributed by atoms with Crippen molar-refractivity contribution >= 4 is 29.1 Å². The number of rotatable bonds is 6. The quantitative estimate of drug-likeness (QED) is 0.766. The van der Waals surface area contributed by atoms with Crippen LogP contribution in [0.5, 0.6) is 0 Å². The first-order valence-electron chi connectivity index (χ1n) is 8.84. The van der Waals surface area contributed by atoms with Crippen LogP contribution in [0.1, 0.15) is 47.2 Å². The van der Waals surface area contributed by atoms with Crippen LogP contribution in [0.4, 0.5) is 17.2 Å². The zero-order chi connectivity index (χ0) is 18.7. The van der Waals surface area contributed by atoms with Crippen LogP contribution >= 0.6 is 0 Å². The second-order valence-electron chi connectivity index (χ2n) is 6.64. The zero-order valence-electron chi connectivity index (χ0n) is 15.1. The van der Waals surface area contributed by atoms with Crippen molar-refractivity contribution in [1.82, 2.24) is 4.98 Å². The van der Waals surface area contributed by atoms with Gasteiger partial charge in [-0.25, -0.2) is 4.98 Å². The second-order valence-corrected chi connectivity index (χ2v) is 6.64. The Hall–Kier alpha value is -2.89. The molecular formula is C20H23N3O3. The largest absolute Gasteiger partial charge is 0.481 e. The number of benzene rings is 1. The van der Waals surface area contributed by atoms with Gasteiger partial charge in [0.25, 0.3) is 5.91 Å². The van der Waals surface area contributed by atoms with Gasteiger partial charge in [0.2, 0.25) is 0 Å². The molecule has 0 saturated heterocycles. The minimum Gasteiger partial charge on any atom is -0.481 e. The summed E-state index contributed by atoms with van der Waals surface area (Å²) in [6, 6.07) is 7.61. The average molecular weight is 353 g/mol. The van der Waals surface area contributed by atoms with E-state index in [4.69, 9.17) is 5.11 Å². The van der Waals surface area contributed by atoms with Crippen molar-refractivity contribution in [2.45, 2.75) is 39.5 Å². The molecular weight excluding hydrogens is 330 g/mol. The summed E-state index contributed by atoms with van der Waals surface area (Å²) in [7, 11) is 0. The molecule has 1 aliphatic rings. The number of carbonyl (C=O) groups excluding carboxylic acids is 1. The third-order valence-electron chi connectivity index (χ3n) is 4.71. The summed E-state index contributed by atoms with van der Waals surface area (Å²) in [5.41, 5.74) is 4.51. The van der Waals surface area contributed by atoms with E-state index >= 15 is 0 Å². The van der Waals surface area contributed by atoms with Gasteiger partial charge in [0.1, 0.15) is 5.82 Å². The Morgan fingerprint density at radius 3 is 2.73 bits per heavy atom. The molecule has 26 heavy (non-hydrogen) atoms. The smallest absolute Gasteiger partial charge is 0.303 e. The number of nitrogens with one attached hydrogen (secondary N) is 1. The van der Waals surface area contributed by atoms with Gasteiger partial charge in [-0.15, -0.1) is 0 Å². The number of hydrogen-bond donors (Lipinski definition) is 2. The Balaban J connectivity index is 1.90.